The molecule has 0 aromatic heterocycles. The monoisotopic (exact) mass is 307 g/mol. The topological polar surface area (TPSA) is 83.9 Å². The molecule has 0 amide bonds. The Morgan fingerprint density at radius 2 is 1.89 bits per heavy atom. The van der Waals surface area contributed by atoms with Crippen molar-refractivity contribution in [1.82, 2.24) is 4.31 Å². The maximum Gasteiger partial charge on any atom is 0.411 e. The number of carbonyl (C=O) groups is 1. The van der Waals surface area contributed by atoms with Crippen LogP contribution < -0.4 is 0 Å². The summed E-state index contributed by atoms with van der Waals surface area (Å²) < 4.78 is 63.7. The molecule has 0 aliphatic carbocycles. The van der Waals surface area contributed by atoms with E-state index in [0.29, 0.717) is 4.31 Å². The maximum absolute atomic E-state index is 11.8. The largest absolute Gasteiger partial charge is 0.480 e. The number of ether oxygens (including phenoxy) is 1. The first-order valence-electron chi connectivity index (χ1n) is 5.31. The molecule has 0 saturated carbocycles. The first-order chi connectivity index (χ1) is 8.46. The smallest absolute Gasteiger partial charge is 0.411 e. The van der Waals surface area contributed by atoms with Gasteiger partial charge in [-0.15, -0.1) is 0 Å². The molecule has 0 aliphatic rings. The molecule has 114 valence electrons. The number of carboxylic acids is 1. The van der Waals surface area contributed by atoms with Crippen molar-refractivity contribution in [3.63, 3.8) is 0 Å². The van der Waals surface area contributed by atoms with Gasteiger partial charge in [0.15, 0.2) is 0 Å². The van der Waals surface area contributed by atoms with Crippen LogP contribution in [-0.2, 0) is 19.6 Å². The van der Waals surface area contributed by atoms with Gasteiger partial charge in [-0.25, -0.2) is 8.42 Å². The molecule has 1 N–H and O–H groups in total. The van der Waals surface area contributed by atoms with E-state index in [1.807, 2.05) is 0 Å². The normalized spacial score (nSPS) is 13.2. The van der Waals surface area contributed by atoms with E-state index >= 15 is 0 Å². The minimum atomic E-state index is -4.53. The van der Waals surface area contributed by atoms with Crippen molar-refractivity contribution >= 4 is 16.0 Å². The highest BCUT2D eigenvalue weighted by Gasteiger charge is 2.29. The third-order valence-corrected chi connectivity index (χ3v) is 3.92. The number of halogens is 3. The predicted molar refractivity (Wildman–Crippen MR) is 60.1 cm³/mol. The molecule has 0 aromatic rings. The quantitative estimate of drug-likeness (QED) is 0.667. The van der Waals surface area contributed by atoms with Gasteiger partial charge in [-0.3, -0.25) is 4.79 Å². The summed E-state index contributed by atoms with van der Waals surface area (Å²) in [6.07, 6.45) is -4.53. The van der Waals surface area contributed by atoms with Crippen LogP contribution in [0.25, 0.3) is 0 Å². The lowest BCUT2D eigenvalue weighted by Crippen LogP contribution is -2.42. The Bertz CT molecular complexity index is 393. The number of aliphatic carboxylic acids is 1. The number of nitrogens with zero attached hydrogens (tertiary/aromatic N) is 1. The molecule has 10 heteroatoms. The minimum absolute atomic E-state index is 0.608. The van der Waals surface area contributed by atoms with Crippen LogP contribution in [0.4, 0.5) is 13.2 Å². The number of rotatable bonds is 8. The second-order valence-electron chi connectivity index (χ2n) is 4.02. The Kier molecular flexibility index (Phi) is 6.73. The van der Waals surface area contributed by atoms with Gasteiger partial charge in [-0.1, -0.05) is 0 Å². The molecule has 0 saturated heterocycles. The van der Waals surface area contributed by atoms with Crippen molar-refractivity contribution in [2.75, 3.05) is 25.5 Å². The van der Waals surface area contributed by atoms with Gasteiger partial charge in [-0.05, 0) is 13.8 Å². The van der Waals surface area contributed by atoms with Crippen LogP contribution in [0.1, 0.15) is 13.8 Å². The van der Waals surface area contributed by atoms with Gasteiger partial charge >= 0.3 is 12.1 Å². The van der Waals surface area contributed by atoms with E-state index in [4.69, 9.17) is 5.11 Å². The van der Waals surface area contributed by atoms with E-state index in [1.165, 1.54) is 13.8 Å². The predicted octanol–water partition coefficient (Wildman–Crippen LogP) is 0.690. The third kappa shape index (κ3) is 8.01. The van der Waals surface area contributed by atoms with Crippen molar-refractivity contribution in [2.24, 2.45) is 0 Å². The Balaban J connectivity index is 4.46. The first kappa shape index (κ1) is 18.1. The molecule has 0 unspecified atom stereocenters. The van der Waals surface area contributed by atoms with Crippen LogP contribution in [-0.4, -0.2) is 61.5 Å². The summed E-state index contributed by atoms with van der Waals surface area (Å²) >= 11 is 0. The number of hydrogen-bond donors (Lipinski definition) is 1. The Labute approximate surface area is 109 Å². The van der Waals surface area contributed by atoms with Crippen molar-refractivity contribution in [3.8, 4) is 0 Å². The molecule has 6 nitrogen and oxygen atoms in total. The SMILES string of the molecule is CC(C)N(CC(=O)O)S(=O)(=O)CCOCC(F)(F)F. The first-order valence-corrected chi connectivity index (χ1v) is 6.92. The molecule has 0 rings (SSSR count). The van der Waals surface area contributed by atoms with E-state index in [2.05, 4.69) is 4.74 Å². The summed E-state index contributed by atoms with van der Waals surface area (Å²) in [6.45, 7) is 0.0151. The zero-order chi connectivity index (χ0) is 15.3. The van der Waals surface area contributed by atoms with Crippen LogP contribution >= 0.6 is 0 Å². The molecular formula is C9H16F3NO5S. The van der Waals surface area contributed by atoms with Gasteiger partial charge in [0.2, 0.25) is 10.0 Å². The average Bonchev–Trinajstić information content (AvgIpc) is 2.19. The van der Waals surface area contributed by atoms with Crippen molar-refractivity contribution < 1.29 is 36.2 Å². The van der Waals surface area contributed by atoms with E-state index in [0.717, 1.165) is 0 Å². The lowest BCUT2D eigenvalue weighted by Gasteiger charge is -2.24. The third-order valence-electron chi connectivity index (χ3n) is 1.98. The van der Waals surface area contributed by atoms with Crippen LogP contribution in [0.15, 0.2) is 0 Å². The summed E-state index contributed by atoms with van der Waals surface area (Å²) in [7, 11) is -3.97. The number of hydrogen-bond acceptors (Lipinski definition) is 4. The standard InChI is InChI=1S/C9H16F3NO5S/c1-7(2)13(5-8(14)15)19(16,17)4-3-18-6-9(10,11)12/h7H,3-6H2,1-2H3,(H,14,15). The highest BCUT2D eigenvalue weighted by molar-refractivity contribution is 7.89. The van der Waals surface area contributed by atoms with E-state index in [9.17, 15) is 26.4 Å². The molecule has 0 aliphatic heterocycles. The highest BCUT2D eigenvalue weighted by atomic mass is 32.2. The Hall–Kier alpha value is -0.870. The number of alkyl halides is 3. The fourth-order valence-electron chi connectivity index (χ4n) is 1.20. The van der Waals surface area contributed by atoms with Crippen LogP contribution in [0.2, 0.25) is 0 Å². The van der Waals surface area contributed by atoms with Crippen molar-refractivity contribution in [1.29, 1.82) is 0 Å². The lowest BCUT2D eigenvalue weighted by atomic mass is 10.4. The van der Waals surface area contributed by atoms with Gasteiger partial charge in [0, 0.05) is 6.04 Å². The molecule has 0 radical (unpaired) electrons. The van der Waals surface area contributed by atoms with Crippen LogP contribution in [0, 0.1) is 0 Å². The molecule has 0 spiro atoms. The highest BCUT2D eigenvalue weighted by Crippen LogP contribution is 2.14. The molecule has 0 bridgehead atoms. The van der Waals surface area contributed by atoms with Gasteiger partial charge < -0.3 is 9.84 Å². The van der Waals surface area contributed by atoms with Gasteiger partial charge in [0.25, 0.3) is 0 Å². The number of sulfonamides is 1. The summed E-state index contributed by atoms with van der Waals surface area (Å²) in [6, 6.07) is -0.608. The maximum atomic E-state index is 11.8. The fraction of sp³-hybridized carbons (Fsp3) is 0.889. The van der Waals surface area contributed by atoms with Crippen molar-refractivity contribution in [2.45, 2.75) is 26.1 Å². The molecule has 0 heterocycles. The fourth-order valence-corrected chi connectivity index (χ4v) is 2.72. The van der Waals surface area contributed by atoms with E-state index in [1.54, 1.807) is 0 Å². The average molecular weight is 307 g/mol. The summed E-state index contributed by atoms with van der Waals surface area (Å²) in [5.41, 5.74) is 0. The zero-order valence-corrected chi connectivity index (χ0v) is 11.3. The lowest BCUT2D eigenvalue weighted by molar-refractivity contribution is -0.172. The molecular weight excluding hydrogens is 291 g/mol. The Morgan fingerprint density at radius 3 is 2.26 bits per heavy atom. The van der Waals surface area contributed by atoms with Gasteiger partial charge in [0.05, 0.1) is 12.4 Å². The van der Waals surface area contributed by atoms with Crippen molar-refractivity contribution in [3.05, 3.63) is 0 Å². The zero-order valence-electron chi connectivity index (χ0n) is 10.5. The Morgan fingerprint density at radius 1 is 1.37 bits per heavy atom. The minimum Gasteiger partial charge on any atom is -0.480 e. The summed E-state index contributed by atoms with van der Waals surface area (Å²) in [4.78, 5) is 10.5. The second-order valence-corrected chi connectivity index (χ2v) is 6.06. The molecule has 19 heavy (non-hydrogen) atoms. The van der Waals surface area contributed by atoms with E-state index < -0.39 is 53.7 Å². The molecule has 0 fully saturated rings. The van der Waals surface area contributed by atoms with E-state index in [-0.39, 0.29) is 0 Å². The summed E-state index contributed by atoms with van der Waals surface area (Å²) in [5, 5.41) is 8.59. The molecule has 0 aromatic carbocycles. The van der Waals surface area contributed by atoms with Crippen LogP contribution in [0.5, 0.6) is 0 Å². The summed E-state index contributed by atoms with van der Waals surface area (Å²) in [5.74, 6) is -2.04. The second kappa shape index (κ2) is 7.06. The molecule has 0 atom stereocenters. The van der Waals surface area contributed by atoms with Gasteiger partial charge in [-0.2, -0.15) is 17.5 Å². The van der Waals surface area contributed by atoms with Crippen LogP contribution in [0.3, 0.4) is 0 Å². The number of carboxylic acid groups (broad SMARTS) is 1. The van der Waals surface area contributed by atoms with Gasteiger partial charge in [0.1, 0.15) is 13.2 Å².